The van der Waals surface area contributed by atoms with Crippen molar-refractivity contribution >= 4 is 12.1 Å². The van der Waals surface area contributed by atoms with Crippen molar-refractivity contribution in [2.75, 3.05) is 6.61 Å². The van der Waals surface area contributed by atoms with E-state index in [1.807, 2.05) is 6.92 Å². The van der Waals surface area contributed by atoms with Crippen LogP contribution in [-0.2, 0) is 4.79 Å². The second kappa shape index (κ2) is 8.96. The van der Waals surface area contributed by atoms with E-state index in [-0.39, 0.29) is 11.7 Å². The molecule has 0 bridgehead atoms. The summed E-state index contributed by atoms with van der Waals surface area (Å²) < 4.78 is 5.22. The fraction of sp³-hybridized carbons (Fsp3) is 0.467. The fourth-order valence-electron chi connectivity index (χ4n) is 1.66. The number of nitrogens with zero attached hydrogens (tertiary/aromatic N) is 1. The lowest BCUT2D eigenvalue weighted by Crippen LogP contribution is -2.16. The lowest BCUT2D eigenvalue weighted by molar-refractivity contribution is -0.121. The largest absolute Gasteiger partial charge is 0.504 e. The van der Waals surface area contributed by atoms with Gasteiger partial charge in [-0.25, -0.2) is 5.43 Å². The number of benzene rings is 1. The first kappa shape index (κ1) is 16.0. The van der Waals surface area contributed by atoms with Crippen molar-refractivity contribution in [2.24, 2.45) is 5.10 Å². The van der Waals surface area contributed by atoms with Crippen LogP contribution in [0.5, 0.6) is 11.5 Å². The molecule has 0 aliphatic heterocycles. The molecule has 0 aromatic heterocycles. The Morgan fingerprint density at radius 2 is 2.20 bits per heavy atom. The summed E-state index contributed by atoms with van der Waals surface area (Å²) in [5.74, 6) is 0.406. The van der Waals surface area contributed by atoms with E-state index < -0.39 is 0 Å². The van der Waals surface area contributed by atoms with Crippen molar-refractivity contribution < 1.29 is 14.6 Å². The topological polar surface area (TPSA) is 70.9 Å². The zero-order valence-electron chi connectivity index (χ0n) is 12.1. The van der Waals surface area contributed by atoms with Crippen LogP contribution in [0.3, 0.4) is 0 Å². The second-order valence-corrected chi connectivity index (χ2v) is 4.41. The predicted octanol–water partition coefficient (Wildman–Crippen LogP) is 2.82. The van der Waals surface area contributed by atoms with E-state index in [1.165, 1.54) is 12.3 Å². The number of rotatable bonds is 8. The van der Waals surface area contributed by atoms with Crippen LogP contribution in [0.15, 0.2) is 23.3 Å². The molecule has 1 rings (SSSR count). The van der Waals surface area contributed by atoms with Crippen molar-refractivity contribution in [1.29, 1.82) is 0 Å². The van der Waals surface area contributed by atoms with Crippen molar-refractivity contribution in [1.82, 2.24) is 5.43 Å². The average Bonchev–Trinajstić information content (AvgIpc) is 2.42. The number of aromatic hydroxyl groups is 1. The van der Waals surface area contributed by atoms with Crippen LogP contribution in [-0.4, -0.2) is 23.8 Å². The van der Waals surface area contributed by atoms with E-state index in [1.54, 1.807) is 12.1 Å². The Kier molecular flexibility index (Phi) is 7.17. The van der Waals surface area contributed by atoms with Gasteiger partial charge in [0, 0.05) is 6.42 Å². The van der Waals surface area contributed by atoms with E-state index in [0.29, 0.717) is 24.3 Å². The molecule has 0 aliphatic rings. The van der Waals surface area contributed by atoms with Gasteiger partial charge in [0.05, 0.1) is 12.8 Å². The van der Waals surface area contributed by atoms with Gasteiger partial charge in [-0.1, -0.05) is 19.8 Å². The van der Waals surface area contributed by atoms with Crippen molar-refractivity contribution in [3.05, 3.63) is 23.8 Å². The van der Waals surface area contributed by atoms with Gasteiger partial charge in [-0.3, -0.25) is 4.79 Å². The average molecular weight is 278 g/mol. The Bertz CT molecular complexity index is 458. The molecule has 0 spiro atoms. The molecule has 0 atom stereocenters. The molecule has 0 radical (unpaired) electrons. The van der Waals surface area contributed by atoms with Crippen molar-refractivity contribution in [3.63, 3.8) is 0 Å². The van der Waals surface area contributed by atoms with Crippen LogP contribution in [0, 0.1) is 0 Å². The van der Waals surface area contributed by atoms with E-state index in [2.05, 4.69) is 17.5 Å². The van der Waals surface area contributed by atoms with Crippen LogP contribution >= 0.6 is 0 Å². The third kappa shape index (κ3) is 5.73. The van der Waals surface area contributed by atoms with Gasteiger partial charge in [0.25, 0.3) is 0 Å². The van der Waals surface area contributed by atoms with Gasteiger partial charge >= 0.3 is 0 Å². The monoisotopic (exact) mass is 278 g/mol. The van der Waals surface area contributed by atoms with Gasteiger partial charge in [0.1, 0.15) is 0 Å². The summed E-state index contributed by atoms with van der Waals surface area (Å²) in [6.07, 6.45) is 4.99. The van der Waals surface area contributed by atoms with E-state index in [0.717, 1.165) is 19.3 Å². The Morgan fingerprint density at radius 1 is 1.40 bits per heavy atom. The lowest BCUT2D eigenvalue weighted by Gasteiger charge is -2.05. The fourth-order valence-corrected chi connectivity index (χ4v) is 1.66. The molecule has 1 aromatic rings. The lowest BCUT2D eigenvalue weighted by atomic mass is 10.2. The van der Waals surface area contributed by atoms with E-state index in [9.17, 15) is 9.90 Å². The number of hydrazone groups is 1. The van der Waals surface area contributed by atoms with Crippen LogP contribution in [0.4, 0.5) is 0 Å². The number of ether oxygens (including phenoxy) is 1. The third-order valence-electron chi connectivity index (χ3n) is 2.69. The Hall–Kier alpha value is -2.04. The van der Waals surface area contributed by atoms with Crippen molar-refractivity contribution in [2.45, 2.75) is 39.5 Å². The minimum atomic E-state index is -0.0927. The smallest absolute Gasteiger partial charge is 0.240 e. The molecule has 0 fully saturated rings. The van der Waals surface area contributed by atoms with Gasteiger partial charge in [-0.05, 0) is 37.1 Å². The summed E-state index contributed by atoms with van der Waals surface area (Å²) >= 11 is 0. The number of carbonyl (C=O) groups is 1. The van der Waals surface area contributed by atoms with Crippen LogP contribution in [0.25, 0.3) is 0 Å². The summed E-state index contributed by atoms with van der Waals surface area (Å²) in [6, 6.07) is 4.97. The molecule has 0 unspecified atom stereocenters. The van der Waals surface area contributed by atoms with Gasteiger partial charge in [0.2, 0.25) is 5.91 Å². The maximum Gasteiger partial charge on any atom is 0.240 e. The number of amides is 1. The number of phenols is 1. The molecule has 0 saturated carbocycles. The molecule has 110 valence electrons. The van der Waals surface area contributed by atoms with Gasteiger partial charge < -0.3 is 9.84 Å². The molecule has 2 N–H and O–H groups in total. The SMILES string of the molecule is CCCCCC(=O)NN=Cc1ccc(OCC)c(O)c1. The minimum absolute atomic E-state index is 0.0603. The van der Waals surface area contributed by atoms with Crippen LogP contribution < -0.4 is 10.2 Å². The Balaban J connectivity index is 2.45. The molecule has 20 heavy (non-hydrogen) atoms. The summed E-state index contributed by atoms with van der Waals surface area (Å²) in [7, 11) is 0. The van der Waals surface area contributed by atoms with Gasteiger partial charge in [0.15, 0.2) is 11.5 Å². The maximum atomic E-state index is 11.4. The highest BCUT2D eigenvalue weighted by atomic mass is 16.5. The first-order valence-corrected chi connectivity index (χ1v) is 6.95. The molecule has 1 aromatic carbocycles. The summed E-state index contributed by atoms with van der Waals surface area (Å²) in [6.45, 7) is 4.44. The molecule has 0 saturated heterocycles. The highest BCUT2D eigenvalue weighted by molar-refractivity contribution is 5.83. The number of nitrogens with one attached hydrogen (secondary N) is 1. The summed E-state index contributed by atoms with van der Waals surface area (Å²) in [5.41, 5.74) is 3.16. The highest BCUT2D eigenvalue weighted by Crippen LogP contribution is 2.25. The summed E-state index contributed by atoms with van der Waals surface area (Å²) in [5, 5.41) is 13.6. The standard InChI is InChI=1S/C15H22N2O3/c1-3-5-6-7-15(19)17-16-11-12-8-9-14(20-4-2)13(18)10-12/h8-11,18H,3-7H2,1-2H3,(H,17,19). The van der Waals surface area contributed by atoms with Crippen molar-refractivity contribution in [3.8, 4) is 11.5 Å². The minimum Gasteiger partial charge on any atom is -0.504 e. The zero-order chi connectivity index (χ0) is 14.8. The molecule has 0 aliphatic carbocycles. The van der Waals surface area contributed by atoms with Gasteiger partial charge in [-0.15, -0.1) is 0 Å². The second-order valence-electron chi connectivity index (χ2n) is 4.41. The first-order valence-electron chi connectivity index (χ1n) is 6.95. The third-order valence-corrected chi connectivity index (χ3v) is 2.69. The molecular formula is C15H22N2O3. The molecular weight excluding hydrogens is 256 g/mol. The van der Waals surface area contributed by atoms with E-state index >= 15 is 0 Å². The van der Waals surface area contributed by atoms with Crippen LogP contribution in [0.2, 0.25) is 0 Å². The maximum absolute atomic E-state index is 11.4. The first-order chi connectivity index (χ1) is 9.67. The molecule has 5 heteroatoms. The Labute approximate surface area is 119 Å². The summed E-state index contributed by atoms with van der Waals surface area (Å²) in [4.78, 5) is 11.4. The number of phenolic OH excluding ortho intramolecular Hbond substituents is 1. The number of hydrogen-bond acceptors (Lipinski definition) is 4. The number of unbranched alkanes of at least 4 members (excludes halogenated alkanes) is 2. The number of hydrogen-bond donors (Lipinski definition) is 2. The molecule has 1 amide bonds. The van der Waals surface area contributed by atoms with Gasteiger partial charge in [-0.2, -0.15) is 5.10 Å². The quantitative estimate of drug-likeness (QED) is 0.436. The number of carbonyl (C=O) groups excluding carboxylic acids is 1. The Morgan fingerprint density at radius 3 is 2.85 bits per heavy atom. The normalized spacial score (nSPS) is 10.7. The van der Waals surface area contributed by atoms with Crippen LogP contribution in [0.1, 0.15) is 45.1 Å². The zero-order valence-corrected chi connectivity index (χ0v) is 12.1. The molecule has 0 heterocycles. The van der Waals surface area contributed by atoms with E-state index in [4.69, 9.17) is 4.74 Å². The molecule has 5 nitrogen and oxygen atoms in total. The predicted molar refractivity (Wildman–Crippen MR) is 79.2 cm³/mol. The highest BCUT2D eigenvalue weighted by Gasteiger charge is 2.02.